The number of hydrogen-bond acceptors (Lipinski definition) is 2. The largest absolute Gasteiger partial charge is 0.317 e. The van der Waals surface area contributed by atoms with Gasteiger partial charge < -0.3 is 5.32 Å². The van der Waals surface area contributed by atoms with E-state index in [0.29, 0.717) is 5.41 Å². The van der Waals surface area contributed by atoms with Crippen LogP contribution in [0.3, 0.4) is 0 Å². The van der Waals surface area contributed by atoms with Crippen molar-refractivity contribution in [2.75, 3.05) is 26.2 Å². The van der Waals surface area contributed by atoms with Crippen molar-refractivity contribution < 1.29 is 0 Å². The molecule has 2 saturated heterocycles. The Morgan fingerprint density at radius 3 is 2.45 bits per heavy atom. The van der Waals surface area contributed by atoms with Crippen LogP contribution in [0.1, 0.15) is 36.0 Å². The molecule has 0 radical (unpaired) electrons. The first-order valence-corrected chi connectivity index (χ1v) is 8.15. The van der Waals surface area contributed by atoms with Gasteiger partial charge in [-0.15, -0.1) is 0 Å². The molecule has 2 fully saturated rings. The standard InChI is InChI=1S/C17H25ClN2/c1-13-9-15(18)10-14(2)16(13)11-20-8-5-17(12-20)3-6-19-7-4-17/h9-10,19H,3-8,11-12H2,1-2H3. The Kier molecular flexibility index (Phi) is 4.07. The van der Waals surface area contributed by atoms with Crippen molar-refractivity contribution in [3.05, 3.63) is 33.8 Å². The van der Waals surface area contributed by atoms with Gasteiger partial charge in [-0.2, -0.15) is 0 Å². The van der Waals surface area contributed by atoms with Crippen LogP contribution in [0.25, 0.3) is 0 Å². The van der Waals surface area contributed by atoms with E-state index in [-0.39, 0.29) is 0 Å². The van der Waals surface area contributed by atoms with Gasteiger partial charge in [-0.05, 0) is 87.0 Å². The predicted octanol–water partition coefficient (Wildman–Crippen LogP) is 3.53. The summed E-state index contributed by atoms with van der Waals surface area (Å²) in [7, 11) is 0. The number of benzene rings is 1. The minimum Gasteiger partial charge on any atom is -0.317 e. The Morgan fingerprint density at radius 1 is 1.15 bits per heavy atom. The summed E-state index contributed by atoms with van der Waals surface area (Å²) >= 11 is 6.13. The highest BCUT2D eigenvalue weighted by atomic mass is 35.5. The highest BCUT2D eigenvalue weighted by Crippen LogP contribution is 2.39. The van der Waals surface area contributed by atoms with Crippen molar-refractivity contribution in [1.82, 2.24) is 10.2 Å². The molecule has 2 aliphatic rings. The first-order chi connectivity index (χ1) is 9.58. The fraction of sp³-hybridized carbons (Fsp3) is 0.647. The minimum atomic E-state index is 0.597. The maximum atomic E-state index is 6.13. The molecular weight excluding hydrogens is 268 g/mol. The van der Waals surface area contributed by atoms with Gasteiger partial charge >= 0.3 is 0 Å². The third-order valence-electron chi connectivity index (χ3n) is 5.22. The van der Waals surface area contributed by atoms with E-state index in [1.54, 1.807) is 0 Å². The Labute approximate surface area is 127 Å². The summed E-state index contributed by atoms with van der Waals surface area (Å²) < 4.78 is 0. The first-order valence-electron chi connectivity index (χ1n) is 7.77. The van der Waals surface area contributed by atoms with Crippen LogP contribution in [-0.4, -0.2) is 31.1 Å². The number of hydrogen-bond donors (Lipinski definition) is 1. The van der Waals surface area contributed by atoms with Crippen molar-refractivity contribution >= 4 is 11.6 Å². The summed E-state index contributed by atoms with van der Waals surface area (Å²) in [6.07, 6.45) is 4.07. The smallest absolute Gasteiger partial charge is 0.0411 e. The van der Waals surface area contributed by atoms with E-state index >= 15 is 0 Å². The van der Waals surface area contributed by atoms with E-state index in [9.17, 15) is 0 Å². The van der Waals surface area contributed by atoms with Gasteiger partial charge in [0.2, 0.25) is 0 Å². The lowest BCUT2D eigenvalue weighted by atomic mass is 9.78. The van der Waals surface area contributed by atoms with Gasteiger partial charge in [-0.25, -0.2) is 0 Å². The summed E-state index contributed by atoms with van der Waals surface area (Å²) in [6, 6.07) is 4.19. The van der Waals surface area contributed by atoms with Crippen molar-refractivity contribution in [3.63, 3.8) is 0 Å². The minimum absolute atomic E-state index is 0.597. The number of rotatable bonds is 2. The predicted molar refractivity (Wildman–Crippen MR) is 85.4 cm³/mol. The quantitative estimate of drug-likeness (QED) is 0.897. The van der Waals surface area contributed by atoms with Crippen molar-refractivity contribution in [2.45, 2.75) is 39.7 Å². The maximum Gasteiger partial charge on any atom is 0.0411 e. The molecule has 110 valence electrons. The molecule has 1 N–H and O–H groups in total. The van der Waals surface area contributed by atoms with Crippen molar-refractivity contribution in [2.24, 2.45) is 5.41 Å². The lowest BCUT2D eigenvalue weighted by Crippen LogP contribution is -2.38. The number of nitrogens with zero attached hydrogens (tertiary/aromatic N) is 1. The molecule has 2 heterocycles. The normalized spacial score (nSPS) is 22.6. The van der Waals surface area contributed by atoms with Crippen LogP contribution in [0.2, 0.25) is 5.02 Å². The van der Waals surface area contributed by atoms with Crippen LogP contribution in [0.15, 0.2) is 12.1 Å². The summed E-state index contributed by atoms with van der Waals surface area (Å²) in [5, 5.41) is 4.35. The molecule has 3 heteroatoms. The van der Waals surface area contributed by atoms with E-state index in [1.165, 1.54) is 62.1 Å². The van der Waals surface area contributed by atoms with Crippen LogP contribution in [0.5, 0.6) is 0 Å². The Morgan fingerprint density at radius 2 is 1.80 bits per heavy atom. The van der Waals surface area contributed by atoms with Gasteiger partial charge in [0, 0.05) is 18.1 Å². The van der Waals surface area contributed by atoms with Crippen LogP contribution in [-0.2, 0) is 6.54 Å². The van der Waals surface area contributed by atoms with Crippen LogP contribution < -0.4 is 5.32 Å². The fourth-order valence-electron chi connectivity index (χ4n) is 3.94. The van der Waals surface area contributed by atoms with Gasteiger partial charge in [0.25, 0.3) is 0 Å². The van der Waals surface area contributed by atoms with Gasteiger partial charge in [0.15, 0.2) is 0 Å². The molecule has 0 aliphatic carbocycles. The highest BCUT2D eigenvalue weighted by Gasteiger charge is 2.38. The molecular formula is C17H25ClN2. The maximum absolute atomic E-state index is 6.13. The van der Waals surface area contributed by atoms with Gasteiger partial charge in [0.05, 0.1) is 0 Å². The summed E-state index contributed by atoms with van der Waals surface area (Å²) in [4.78, 5) is 2.65. The van der Waals surface area contributed by atoms with Gasteiger partial charge in [-0.3, -0.25) is 4.90 Å². The number of halogens is 1. The average molecular weight is 293 g/mol. The van der Waals surface area contributed by atoms with Crippen LogP contribution in [0, 0.1) is 19.3 Å². The monoisotopic (exact) mass is 292 g/mol. The second kappa shape index (κ2) is 5.67. The first kappa shape index (κ1) is 14.4. The van der Waals surface area contributed by atoms with Crippen molar-refractivity contribution in [1.29, 1.82) is 0 Å². The zero-order chi connectivity index (χ0) is 14.2. The molecule has 2 aliphatic heterocycles. The molecule has 0 bridgehead atoms. The van der Waals surface area contributed by atoms with Gasteiger partial charge in [0.1, 0.15) is 0 Å². The number of piperidine rings is 1. The number of likely N-dealkylation sites (tertiary alicyclic amines) is 1. The SMILES string of the molecule is Cc1cc(Cl)cc(C)c1CN1CCC2(CCNCC2)C1. The van der Waals surface area contributed by atoms with Crippen molar-refractivity contribution in [3.8, 4) is 0 Å². The summed E-state index contributed by atoms with van der Waals surface area (Å²) in [5.74, 6) is 0. The Hall–Kier alpha value is -0.570. The number of nitrogens with one attached hydrogen (secondary N) is 1. The third kappa shape index (κ3) is 2.88. The lowest BCUT2D eigenvalue weighted by molar-refractivity contribution is 0.193. The molecule has 0 saturated carbocycles. The Balaban J connectivity index is 1.70. The Bertz CT molecular complexity index is 469. The molecule has 0 atom stereocenters. The summed E-state index contributed by atoms with van der Waals surface area (Å²) in [5.41, 5.74) is 4.74. The van der Waals surface area contributed by atoms with E-state index in [1.807, 2.05) is 0 Å². The van der Waals surface area contributed by atoms with E-state index in [2.05, 4.69) is 36.2 Å². The fourth-order valence-corrected chi connectivity index (χ4v) is 4.27. The average Bonchev–Trinajstić information content (AvgIpc) is 2.77. The summed E-state index contributed by atoms with van der Waals surface area (Å²) in [6.45, 7) is 10.4. The molecule has 3 rings (SSSR count). The second-order valence-electron chi connectivity index (χ2n) is 6.73. The van der Waals surface area contributed by atoms with E-state index < -0.39 is 0 Å². The van der Waals surface area contributed by atoms with Gasteiger partial charge in [-0.1, -0.05) is 11.6 Å². The molecule has 1 aromatic carbocycles. The molecule has 0 unspecified atom stereocenters. The highest BCUT2D eigenvalue weighted by molar-refractivity contribution is 6.30. The third-order valence-corrected chi connectivity index (χ3v) is 5.44. The van der Waals surface area contributed by atoms with Crippen LogP contribution >= 0.6 is 11.6 Å². The molecule has 0 aromatic heterocycles. The van der Waals surface area contributed by atoms with Crippen LogP contribution in [0.4, 0.5) is 0 Å². The topological polar surface area (TPSA) is 15.3 Å². The zero-order valence-electron chi connectivity index (χ0n) is 12.6. The molecule has 1 aromatic rings. The molecule has 1 spiro atoms. The molecule has 20 heavy (non-hydrogen) atoms. The number of aryl methyl sites for hydroxylation is 2. The van der Waals surface area contributed by atoms with E-state index in [0.717, 1.165) is 11.6 Å². The zero-order valence-corrected chi connectivity index (χ0v) is 13.4. The van der Waals surface area contributed by atoms with E-state index in [4.69, 9.17) is 11.6 Å². The lowest BCUT2D eigenvalue weighted by Gasteiger charge is -2.34. The second-order valence-corrected chi connectivity index (χ2v) is 7.17. The molecule has 2 nitrogen and oxygen atoms in total. The molecule has 0 amide bonds.